The first kappa shape index (κ1) is 15.5. The molecule has 1 saturated heterocycles. The molecule has 6 heteroatoms. The summed E-state index contributed by atoms with van der Waals surface area (Å²) in [6, 6.07) is 15.2. The monoisotopic (exact) mass is 336 g/mol. The molecule has 0 unspecified atom stereocenters. The normalized spacial score (nSPS) is 17.0. The van der Waals surface area contributed by atoms with Crippen LogP contribution >= 0.6 is 0 Å². The molecule has 5 nitrogen and oxygen atoms in total. The summed E-state index contributed by atoms with van der Waals surface area (Å²) in [6.07, 6.45) is 1.73. The lowest BCUT2D eigenvalue weighted by Crippen LogP contribution is -2.31. The summed E-state index contributed by atoms with van der Waals surface area (Å²) < 4.78 is 13.1. The van der Waals surface area contributed by atoms with Gasteiger partial charge in [-0.2, -0.15) is 5.10 Å². The lowest BCUT2D eigenvalue weighted by molar-refractivity contribution is 0.0730. The number of rotatable bonds is 3. The van der Waals surface area contributed by atoms with Crippen LogP contribution in [0.15, 0.2) is 54.6 Å². The lowest BCUT2D eigenvalue weighted by Gasteiger charge is -2.23. The number of halogens is 1. The summed E-state index contributed by atoms with van der Waals surface area (Å²) in [4.78, 5) is 19.1. The fraction of sp³-hybridized carbons (Fsp3) is 0.211. The largest absolute Gasteiger partial charge is 0.328 e. The summed E-state index contributed by atoms with van der Waals surface area (Å²) in [5.41, 5.74) is 1.41. The molecule has 0 aliphatic carbocycles. The van der Waals surface area contributed by atoms with Crippen LogP contribution < -0.4 is 0 Å². The van der Waals surface area contributed by atoms with Crippen molar-refractivity contribution in [1.82, 2.24) is 20.1 Å². The zero-order chi connectivity index (χ0) is 17.2. The van der Waals surface area contributed by atoms with E-state index in [1.54, 1.807) is 4.90 Å². The minimum atomic E-state index is -0.350. The zero-order valence-corrected chi connectivity index (χ0v) is 13.5. The second-order valence-electron chi connectivity index (χ2n) is 6.07. The molecule has 1 atom stereocenters. The van der Waals surface area contributed by atoms with E-state index in [0.717, 1.165) is 18.4 Å². The molecule has 1 aliphatic heterocycles. The van der Waals surface area contributed by atoms with Gasteiger partial charge < -0.3 is 4.90 Å². The summed E-state index contributed by atoms with van der Waals surface area (Å²) in [7, 11) is 0. The molecule has 0 spiro atoms. The highest BCUT2D eigenvalue weighted by Crippen LogP contribution is 2.32. The molecule has 126 valence electrons. The van der Waals surface area contributed by atoms with Crippen molar-refractivity contribution < 1.29 is 9.18 Å². The molecular formula is C19H17FN4O. The molecule has 1 fully saturated rings. The highest BCUT2D eigenvalue weighted by Gasteiger charge is 2.33. The highest BCUT2D eigenvalue weighted by atomic mass is 19.1. The van der Waals surface area contributed by atoms with Gasteiger partial charge in [0, 0.05) is 17.7 Å². The fourth-order valence-electron chi connectivity index (χ4n) is 3.19. The molecule has 25 heavy (non-hydrogen) atoms. The van der Waals surface area contributed by atoms with Crippen molar-refractivity contribution in [2.75, 3.05) is 6.54 Å². The van der Waals surface area contributed by atoms with E-state index >= 15 is 0 Å². The number of aromatic amines is 1. The van der Waals surface area contributed by atoms with Crippen molar-refractivity contribution in [3.8, 4) is 11.4 Å². The number of nitrogens with zero attached hydrogens (tertiary/aromatic N) is 3. The number of benzene rings is 2. The molecule has 1 aliphatic rings. The molecule has 1 amide bonds. The van der Waals surface area contributed by atoms with Crippen LogP contribution in [0.25, 0.3) is 11.4 Å². The van der Waals surface area contributed by atoms with Gasteiger partial charge in [0.2, 0.25) is 0 Å². The summed E-state index contributed by atoms with van der Waals surface area (Å²) in [6.45, 7) is 0.655. The van der Waals surface area contributed by atoms with Crippen LogP contribution in [0.3, 0.4) is 0 Å². The smallest absolute Gasteiger partial charge is 0.254 e. The molecule has 0 radical (unpaired) electrons. The van der Waals surface area contributed by atoms with Gasteiger partial charge in [0.25, 0.3) is 5.91 Å². The molecule has 1 N–H and O–H groups in total. The van der Waals surface area contributed by atoms with Crippen molar-refractivity contribution in [2.24, 2.45) is 0 Å². The number of nitrogens with one attached hydrogen (secondary N) is 1. The van der Waals surface area contributed by atoms with Gasteiger partial charge in [0.05, 0.1) is 6.04 Å². The minimum absolute atomic E-state index is 0.111. The van der Waals surface area contributed by atoms with Crippen molar-refractivity contribution in [1.29, 1.82) is 0 Å². The number of aromatic nitrogens is 3. The van der Waals surface area contributed by atoms with Crippen LogP contribution in [0.1, 0.15) is 35.1 Å². The Hall–Kier alpha value is -3.02. The van der Waals surface area contributed by atoms with Gasteiger partial charge in [-0.1, -0.05) is 30.3 Å². The first-order valence-corrected chi connectivity index (χ1v) is 8.26. The summed E-state index contributed by atoms with van der Waals surface area (Å²) >= 11 is 0. The molecule has 0 bridgehead atoms. The van der Waals surface area contributed by atoms with E-state index in [1.165, 1.54) is 24.3 Å². The molecule has 3 aromatic rings. The third-order valence-electron chi connectivity index (χ3n) is 4.46. The Balaban J connectivity index is 1.58. The van der Waals surface area contributed by atoms with Gasteiger partial charge in [-0.15, -0.1) is 0 Å². The standard InChI is InChI=1S/C19H17FN4O/c20-15-10-8-14(9-11-15)19(25)24-12-4-7-16(24)18-21-17(22-23-18)13-5-2-1-3-6-13/h1-3,5-6,8-11,16H,4,7,12H2,(H,21,22,23)/t16-/m0/s1. The molecule has 2 heterocycles. The topological polar surface area (TPSA) is 61.9 Å². The maximum absolute atomic E-state index is 13.1. The maximum atomic E-state index is 13.1. The third-order valence-corrected chi connectivity index (χ3v) is 4.46. The van der Waals surface area contributed by atoms with E-state index in [4.69, 9.17) is 0 Å². The van der Waals surface area contributed by atoms with E-state index in [-0.39, 0.29) is 17.8 Å². The van der Waals surface area contributed by atoms with Gasteiger partial charge in [-0.05, 0) is 37.1 Å². The van der Waals surface area contributed by atoms with Crippen LogP contribution in [0.4, 0.5) is 4.39 Å². The SMILES string of the molecule is O=C(c1ccc(F)cc1)N1CCC[C@H]1c1nc(-c2ccccc2)n[nH]1. The number of carbonyl (C=O) groups excluding carboxylic acids is 1. The second kappa shape index (κ2) is 6.47. The van der Waals surface area contributed by atoms with Crippen LogP contribution in [0, 0.1) is 5.82 Å². The lowest BCUT2D eigenvalue weighted by atomic mass is 10.1. The number of hydrogen-bond acceptors (Lipinski definition) is 3. The average Bonchev–Trinajstić information content (AvgIpc) is 3.32. The number of likely N-dealkylation sites (tertiary alicyclic amines) is 1. The van der Waals surface area contributed by atoms with E-state index < -0.39 is 0 Å². The zero-order valence-electron chi connectivity index (χ0n) is 13.5. The van der Waals surface area contributed by atoms with Crippen molar-refractivity contribution in [3.05, 3.63) is 71.8 Å². The number of carbonyl (C=O) groups is 1. The summed E-state index contributed by atoms with van der Waals surface area (Å²) in [5, 5.41) is 7.26. The number of H-pyrrole nitrogens is 1. The Morgan fingerprint density at radius 3 is 2.64 bits per heavy atom. The Bertz CT molecular complexity index is 876. The Labute approximate surface area is 144 Å². The predicted octanol–water partition coefficient (Wildman–Crippen LogP) is 3.59. The van der Waals surface area contributed by atoms with Crippen LogP contribution in [0.2, 0.25) is 0 Å². The quantitative estimate of drug-likeness (QED) is 0.795. The van der Waals surface area contributed by atoms with Crippen molar-refractivity contribution >= 4 is 5.91 Å². The molecule has 0 saturated carbocycles. The maximum Gasteiger partial charge on any atom is 0.254 e. The Morgan fingerprint density at radius 2 is 1.88 bits per heavy atom. The van der Waals surface area contributed by atoms with E-state index in [9.17, 15) is 9.18 Å². The van der Waals surface area contributed by atoms with E-state index in [1.807, 2.05) is 30.3 Å². The van der Waals surface area contributed by atoms with Gasteiger partial charge >= 0.3 is 0 Å². The van der Waals surface area contributed by atoms with Crippen molar-refractivity contribution in [3.63, 3.8) is 0 Å². The van der Waals surface area contributed by atoms with E-state index in [0.29, 0.717) is 23.8 Å². The Morgan fingerprint density at radius 1 is 1.12 bits per heavy atom. The first-order chi connectivity index (χ1) is 12.2. The van der Waals surface area contributed by atoms with Gasteiger partial charge in [-0.3, -0.25) is 9.89 Å². The predicted molar refractivity (Wildman–Crippen MR) is 91.2 cm³/mol. The number of hydrogen-bond donors (Lipinski definition) is 1. The van der Waals surface area contributed by atoms with Crippen molar-refractivity contribution in [2.45, 2.75) is 18.9 Å². The van der Waals surface area contributed by atoms with Crippen LogP contribution in [-0.2, 0) is 0 Å². The molecule has 4 rings (SSSR count). The molecule has 1 aromatic heterocycles. The van der Waals surface area contributed by atoms with Gasteiger partial charge in [0.15, 0.2) is 5.82 Å². The third kappa shape index (κ3) is 3.03. The number of amides is 1. The fourth-order valence-corrected chi connectivity index (χ4v) is 3.19. The minimum Gasteiger partial charge on any atom is -0.328 e. The Kier molecular flexibility index (Phi) is 4.01. The molecule has 2 aromatic carbocycles. The van der Waals surface area contributed by atoms with E-state index in [2.05, 4.69) is 15.2 Å². The summed E-state index contributed by atoms with van der Waals surface area (Å²) in [5.74, 6) is 0.848. The highest BCUT2D eigenvalue weighted by molar-refractivity contribution is 5.94. The average molecular weight is 336 g/mol. The second-order valence-corrected chi connectivity index (χ2v) is 6.07. The van der Waals surface area contributed by atoms with Crippen LogP contribution in [-0.4, -0.2) is 32.5 Å². The van der Waals surface area contributed by atoms with Crippen LogP contribution in [0.5, 0.6) is 0 Å². The van der Waals surface area contributed by atoms with Gasteiger partial charge in [0.1, 0.15) is 11.6 Å². The van der Waals surface area contributed by atoms with Gasteiger partial charge in [-0.25, -0.2) is 9.37 Å². The molecular weight excluding hydrogens is 319 g/mol. The first-order valence-electron chi connectivity index (χ1n) is 8.26.